The molecule has 2 heteroatoms. The zero-order valence-electron chi connectivity index (χ0n) is 15.1. The fourth-order valence-corrected chi connectivity index (χ4v) is 3.81. The van der Waals surface area contributed by atoms with E-state index < -0.39 is 0 Å². The van der Waals surface area contributed by atoms with Crippen LogP contribution in [0.1, 0.15) is 5.56 Å². The molecule has 0 aliphatic carbocycles. The van der Waals surface area contributed by atoms with Crippen molar-refractivity contribution < 1.29 is 0 Å². The summed E-state index contributed by atoms with van der Waals surface area (Å²) in [6.45, 7) is 2.10. The highest BCUT2D eigenvalue weighted by molar-refractivity contribution is 6.28. The molecule has 0 fully saturated rings. The highest BCUT2D eigenvalue weighted by atomic mass is 15.1. The van der Waals surface area contributed by atoms with Gasteiger partial charge in [-0.3, -0.25) is 0 Å². The second kappa shape index (κ2) is 6.33. The average Bonchev–Trinajstić information content (AvgIpc) is 2.74. The standard InChI is InChI=1S/C25H18N2/c1-17-15-16-23-21-13-6-5-11-19(21)20-12-7-8-14-22(20)24(23)25(17)27-26-18-9-3-2-4-10-18/h2-16H,1H3. The molecule has 0 atom stereocenters. The van der Waals surface area contributed by atoms with E-state index >= 15 is 0 Å². The molecular weight excluding hydrogens is 328 g/mol. The Kier molecular flexibility index (Phi) is 3.68. The van der Waals surface area contributed by atoms with Gasteiger partial charge in [-0.1, -0.05) is 78.9 Å². The second-order valence-corrected chi connectivity index (χ2v) is 6.78. The smallest absolute Gasteiger partial charge is 0.0970 e. The molecule has 0 saturated heterocycles. The summed E-state index contributed by atoms with van der Waals surface area (Å²) in [5.41, 5.74) is 2.93. The quantitative estimate of drug-likeness (QED) is 0.229. The lowest BCUT2D eigenvalue weighted by atomic mass is 9.92. The molecule has 0 aliphatic heterocycles. The number of hydrogen-bond acceptors (Lipinski definition) is 2. The minimum Gasteiger partial charge on any atom is -0.151 e. The van der Waals surface area contributed by atoms with Gasteiger partial charge in [-0.2, -0.15) is 5.11 Å². The Balaban J connectivity index is 1.91. The highest BCUT2D eigenvalue weighted by Crippen LogP contribution is 2.41. The molecule has 5 rings (SSSR count). The largest absolute Gasteiger partial charge is 0.151 e. The minimum absolute atomic E-state index is 0.860. The maximum atomic E-state index is 4.69. The van der Waals surface area contributed by atoms with Gasteiger partial charge in [0, 0.05) is 5.39 Å². The predicted molar refractivity (Wildman–Crippen MR) is 114 cm³/mol. The van der Waals surface area contributed by atoms with Crippen molar-refractivity contribution in [1.29, 1.82) is 0 Å². The van der Waals surface area contributed by atoms with Crippen LogP contribution >= 0.6 is 0 Å². The van der Waals surface area contributed by atoms with E-state index in [9.17, 15) is 0 Å². The van der Waals surface area contributed by atoms with E-state index in [4.69, 9.17) is 0 Å². The molecular formula is C25H18N2. The number of azo groups is 1. The molecule has 27 heavy (non-hydrogen) atoms. The average molecular weight is 346 g/mol. The summed E-state index contributed by atoms with van der Waals surface area (Å²) in [6, 6.07) is 31.4. The van der Waals surface area contributed by atoms with E-state index in [1.165, 1.54) is 32.3 Å². The Hall–Kier alpha value is -3.52. The van der Waals surface area contributed by atoms with Crippen molar-refractivity contribution >= 4 is 43.7 Å². The van der Waals surface area contributed by atoms with Crippen molar-refractivity contribution in [2.24, 2.45) is 10.2 Å². The van der Waals surface area contributed by atoms with Crippen LogP contribution in [0.25, 0.3) is 32.3 Å². The first-order valence-electron chi connectivity index (χ1n) is 9.12. The Morgan fingerprint density at radius 1 is 0.481 bits per heavy atom. The monoisotopic (exact) mass is 346 g/mol. The summed E-state index contributed by atoms with van der Waals surface area (Å²) in [6.07, 6.45) is 0. The van der Waals surface area contributed by atoms with Crippen molar-refractivity contribution in [2.45, 2.75) is 6.92 Å². The molecule has 5 aromatic carbocycles. The molecule has 128 valence electrons. The number of hydrogen-bond donors (Lipinski definition) is 0. The third kappa shape index (κ3) is 2.58. The molecule has 0 unspecified atom stereocenters. The number of aryl methyl sites for hydroxylation is 1. The van der Waals surface area contributed by atoms with E-state index in [1.807, 2.05) is 30.3 Å². The molecule has 0 radical (unpaired) electrons. The van der Waals surface area contributed by atoms with Crippen LogP contribution in [0.5, 0.6) is 0 Å². The van der Waals surface area contributed by atoms with Gasteiger partial charge >= 0.3 is 0 Å². The second-order valence-electron chi connectivity index (χ2n) is 6.78. The van der Waals surface area contributed by atoms with E-state index in [0.29, 0.717) is 0 Å². The summed E-state index contributed by atoms with van der Waals surface area (Å²) >= 11 is 0. The Bertz CT molecular complexity index is 1280. The number of benzene rings is 5. The molecule has 2 nitrogen and oxygen atoms in total. The van der Waals surface area contributed by atoms with Crippen molar-refractivity contribution in [3.05, 3.63) is 96.6 Å². The van der Waals surface area contributed by atoms with Gasteiger partial charge in [0.2, 0.25) is 0 Å². The van der Waals surface area contributed by atoms with Gasteiger partial charge in [-0.25, -0.2) is 0 Å². The van der Waals surface area contributed by atoms with Gasteiger partial charge in [-0.05, 0) is 51.6 Å². The highest BCUT2D eigenvalue weighted by Gasteiger charge is 2.13. The zero-order chi connectivity index (χ0) is 18.2. The molecule has 0 spiro atoms. The van der Waals surface area contributed by atoms with Crippen LogP contribution in [-0.2, 0) is 0 Å². The summed E-state index contributed by atoms with van der Waals surface area (Å²) in [5.74, 6) is 0. The lowest BCUT2D eigenvalue weighted by Gasteiger charge is -2.13. The molecule has 0 heterocycles. The molecule has 0 amide bonds. The molecule has 0 N–H and O–H groups in total. The molecule has 5 aromatic rings. The fourth-order valence-electron chi connectivity index (χ4n) is 3.81. The van der Waals surface area contributed by atoms with Gasteiger partial charge in [0.1, 0.15) is 0 Å². The third-order valence-electron chi connectivity index (χ3n) is 5.11. The van der Waals surface area contributed by atoms with Gasteiger partial charge in [0.05, 0.1) is 11.4 Å². The summed E-state index contributed by atoms with van der Waals surface area (Å²) in [4.78, 5) is 0. The lowest BCUT2D eigenvalue weighted by Crippen LogP contribution is -1.85. The van der Waals surface area contributed by atoms with E-state index in [0.717, 1.165) is 16.9 Å². The van der Waals surface area contributed by atoms with Crippen LogP contribution in [0, 0.1) is 6.92 Å². The van der Waals surface area contributed by atoms with Gasteiger partial charge in [0.25, 0.3) is 0 Å². The first kappa shape index (κ1) is 15.7. The van der Waals surface area contributed by atoms with Crippen LogP contribution in [0.15, 0.2) is 101 Å². The zero-order valence-corrected chi connectivity index (χ0v) is 15.1. The topological polar surface area (TPSA) is 24.7 Å². The first-order chi connectivity index (χ1) is 13.3. The van der Waals surface area contributed by atoms with Gasteiger partial charge < -0.3 is 0 Å². The van der Waals surface area contributed by atoms with Gasteiger partial charge in [-0.15, -0.1) is 5.11 Å². The van der Waals surface area contributed by atoms with E-state index in [2.05, 4.69) is 77.8 Å². The third-order valence-corrected chi connectivity index (χ3v) is 5.11. The van der Waals surface area contributed by atoms with Crippen LogP contribution in [0.4, 0.5) is 11.4 Å². The van der Waals surface area contributed by atoms with E-state index in [1.54, 1.807) is 0 Å². The Morgan fingerprint density at radius 3 is 1.67 bits per heavy atom. The van der Waals surface area contributed by atoms with Crippen LogP contribution in [-0.4, -0.2) is 0 Å². The summed E-state index contributed by atoms with van der Waals surface area (Å²) < 4.78 is 0. The Labute approximate surface area is 157 Å². The van der Waals surface area contributed by atoms with Crippen molar-refractivity contribution in [3.63, 3.8) is 0 Å². The normalized spacial score (nSPS) is 11.7. The maximum absolute atomic E-state index is 4.69. The first-order valence-corrected chi connectivity index (χ1v) is 9.12. The number of fused-ring (bicyclic) bond motifs is 6. The van der Waals surface area contributed by atoms with Crippen molar-refractivity contribution in [3.8, 4) is 0 Å². The summed E-state index contributed by atoms with van der Waals surface area (Å²) in [7, 11) is 0. The predicted octanol–water partition coefficient (Wildman–Crippen LogP) is 7.87. The number of nitrogens with zero attached hydrogens (tertiary/aromatic N) is 2. The lowest BCUT2D eigenvalue weighted by molar-refractivity contribution is 1.22. The Morgan fingerprint density at radius 2 is 1.00 bits per heavy atom. The van der Waals surface area contributed by atoms with Crippen LogP contribution < -0.4 is 0 Å². The van der Waals surface area contributed by atoms with E-state index in [-0.39, 0.29) is 0 Å². The number of rotatable bonds is 2. The van der Waals surface area contributed by atoms with Gasteiger partial charge in [0.15, 0.2) is 0 Å². The molecule has 0 aromatic heterocycles. The minimum atomic E-state index is 0.860. The fraction of sp³-hybridized carbons (Fsp3) is 0.0400. The SMILES string of the molecule is Cc1ccc2c3ccccc3c3ccccc3c2c1N=Nc1ccccc1. The summed E-state index contributed by atoms with van der Waals surface area (Å²) in [5, 5.41) is 16.6. The van der Waals surface area contributed by atoms with Crippen molar-refractivity contribution in [1.82, 2.24) is 0 Å². The molecule has 0 saturated carbocycles. The van der Waals surface area contributed by atoms with Crippen LogP contribution in [0.3, 0.4) is 0 Å². The molecule has 0 aliphatic rings. The van der Waals surface area contributed by atoms with Crippen LogP contribution in [0.2, 0.25) is 0 Å². The maximum Gasteiger partial charge on any atom is 0.0970 e. The van der Waals surface area contributed by atoms with Crippen molar-refractivity contribution in [2.75, 3.05) is 0 Å². The molecule has 0 bridgehead atoms.